The monoisotopic (exact) mass is 259 g/mol. The van der Waals surface area contributed by atoms with Gasteiger partial charge in [-0.3, -0.25) is 0 Å². The number of pyridine rings is 1. The van der Waals surface area contributed by atoms with Gasteiger partial charge in [0.25, 0.3) is 0 Å². The molecule has 1 unspecified atom stereocenters. The van der Waals surface area contributed by atoms with Crippen molar-refractivity contribution >= 4 is 17.3 Å². The van der Waals surface area contributed by atoms with E-state index in [1.54, 1.807) is 0 Å². The minimum atomic E-state index is 0.598. The number of hydrogen-bond donors (Lipinski definition) is 2. The highest BCUT2D eigenvalue weighted by atomic mass is 15.3. The van der Waals surface area contributed by atoms with Crippen LogP contribution in [0.5, 0.6) is 0 Å². The van der Waals surface area contributed by atoms with E-state index in [4.69, 9.17) is 4.98 Å². The number of aromatic nitrogens is 1. The second-order valence-corrected chi connectivity index (χ2v) is 5.70. The first-order valence-corrected chi connectivity index (χ1v) is 7.38. The number of anilines is 3. The fraction of sp³-hybridized carbons (Fsp3) is 0.643. The molecule has 0 radical (unpaired) electrons. The molecule has 1 atom stereocenters. The molecule has 0 spiro atoms. The lowest BCUT2D eigenvalue weighted by Gasteiger charge is -2.29. The molecule has 3 aliphatic heterocycles. The van der Waals surface area contributed by atoms with Crippen molar-refractivity contribution in [2.24, 2.45) is 0 Å². The largest absolute Gasteiger partial charge is 0.366 e. The third-order valence-electron chi connectivity index (χ3n) is 4.39. The fourth-order valence-electron chi connectivity index (χ4n) is 3.34. The molecule has 1 aromatic heterocycles. The zero-order chi connectivity index (χ0) is 12.7. The van der Waals surface area contributed by atoms with E-state index >= 15 is 0 Å². The van der Waals surface area contributed by atoms with E-state index in [0.29, 0.717) is 6.04 Å². The van der Waals surface area contributed by atoms with E-state index < -0.39 is 0 Å². The van der Waals surface area contributed by atoms with Gasteiger partial charge in [-0.1, -0.05) is 0 Å². The maximum Gasteiger partial charge on any atom is 0.152 e. The summed E-state index contributed by atoms with van der Waals surface area (Å²) >= 11 is 0. The minimum absolute atomic E-state index is 0.598. The molecule has 2 saturated heterocycles. The van der Waals surface area contributed by atoms with Crippen molar-refractivity contribution in [2.75, 3.05) is 54.4 Å². The van der Waals surface area contributed by atoms with E-state index in [2.05, 4.69) is 32.6 Å². The van der Waals surface area contributed by atoms with Crippen LogP contribution in [0.3, 0.4) is 0 Å². The predicted octanol–water partition coefficient (Wildman–Crippen LogP) is 0.885. The highest BCUT2D eigenvalue weighted by molar-refractivity contribution is 5.72. The Balaban J connectivity index is 1.62. The predicted molar refractivity (Wildman–Crippen MR) is 78.2 cm³/mol. The maximum absolute atomic E-state index is 4.86. The molecule has 102 valence electrons. The second-order valence-electron chi connectivity index (χ2n) is 5.70. The number of fused-ring (bicyclic) bond motifs is 4. The molecule has 4 rings (SSSR count). The van der Waals surface area contributed by atoms with Gasteiger partial charge in [-0.25, -0.2) is 4.98 Å². The molecular formula is C14H21N5. The highest BCUT2D eigenvalue weighted by Gasteiger charge is 2.30. The third kappa shape index (κ3) is 2.02. The van der Waals surface area contributed by atoms with Gasteiger partial charge in [-0.05, 0) is 31.5 Å². The van der Waals surface area contributed by atoms with Crippen LogP contribution in [-0.2, 0) is 0 Å². The van der Waals surface area contributed by atoms with E-state index in [-0.39, 0.29) is 0 Å². The molecule has 3 aliphatic rings. The third-order valence-corrected chi connectivity index (χ3v) is 4.39. The normalized spacial score (nSPS) is 25.8. The number of rotatable bonds is 1. The van der Waals surface area contributed by atoms with Crippen molar-refractivity contribution in [1.29, 1.82) is 0 Å². The topological polar surface area (TPSA) is 43.4 Å². The standard InChI is InChI=1S/C14H21N5/c1-5-15-6-9-18(7-1)13-3-2-12-14(17-13)16-11-4-8-19(12)10-11/h2-3,11,15H,1,4-10H2,(H,16,17). The van der Waals surface area contributed by atoms with Crippen LogP contribution < -0.4 is 20.4 Å². The lowest BCUT2D eigenvalue weighted by Crippen LogP contribution is -2.33. The van der Waals surface area contributed by atoms with Crippen LogP contribution in [-0.4, -0.2) is 50.3 Å². The van der Waals surface area contributed by atoms with Crippen molar-refractivity contribution < 1.29 is 0 Å². The summed E-state index contributed by atoms with van der Waals surface area (Å²) in [6.45, 7) is 6.64. The maximum atomic E-state index is 4.86. The van der Waals surface area contributed by atoms with E-state index in [0.717, 1.165) is 44.4 Å². The Labute approximate surface area is 114 Å². The van der Waals surface area contributed by atoms with Gasteiger partial charge >= 0.3 is 0 Å². The summed E-state index contributed by atoms with van der Waals surface area (Å²) in [5, 5.41) is 7.03. The van der Waals surface area contributed by atoms with Gasteiger partial charge in [0.15, 0.2) is 5.82 Å². The fourth-order valence-corrected chi connectivity index (χ4v) is 3.34. The van der Waals surface area contributed by atoms with Crippen LogP contribution in [0.15, 0.2) is 12.1 Å². The molecule has 2 bridgehead atoms. The molecule has 0 aromatic carbocycles. The van der Waals surface area contributed by atoms with Crippen LogP contribution in [0.4, 0.5) is 17.3 Å². The molecule has 1 aromatic rings. The second kappa shape index (κ2) is 4.56. The zero-order valence-corrected chi connectivity index (χ0v) is 11.2. The van der Waals surface area contributed by atoms with Crippen LogP contribution in [0.25, 0.3) is 0 Å². The van der Waals surface area contributed by atoms with Crippen LogP contribution in [0.2, 0.25) is 0 Å². The van der Waals surface area contributed by atoms with Gasteiger partial charge in [-0.15, -0.1) is 0 Å². The van der Waals surface area contributed by atoms with Crippen molar-refractivity contribution in [3.8, 4) is 0 Å². The number of nitrogens with zero attached hydrogens (tertiary/aromatic N) is 3. The molecule has 5 heteroatoms. The van der Waals surface area contributed by atoms with Crippen molar-refractivity contribution in [3.05, 3.63) is 12.1 Å². The van der Waals surface area contributed by atoms with Gasteiger partial charge in [0, 0.05) is 38.8 Å². The summed E-state index contributed by atoms with van der Waals surface area (Å²) in [4.78, 5) is 9.72. The quantitative estimate of drug-likeness (QED) is 0.784. The summed E-state index contributed by atoms with van der Waals surface area (Å²) < 4.78 is 0. The molecular weight excluding hydrogens is 238 g/mol. The minimum Gasteiger partial charge on any atom is -0.366 e. The van der Waals surface area contributed by atoms with E-state index in [1.807, 2.05) is 0 Å². The van der Waals surface area contributed by atoms with Gasteiger partial charge in [0.2, 0.25) is 0 Å². The highest BCUT2D eigenvalue weighted by Crippen LogP contribution is 2.35. The van der Waals surface area contributed by atoms with Crippen molar-refractivity contribution in [1.82, 2.24) is 10.3 Å². The molecule has 5 nitrogen and oxygen atoms in total. The molecule has 0 aliphatic carbocycles. The Morgan fingerprint density at radius 2 is 2.11 bits per heavy atom. The lowest BCUT2D eigenvalue weighted by molar-refractivity contribution is 0.724. The average molecular weight is 259 g/mol. The first-order chi connectivity index (χ1) is 9.40. The van der Waals surface area contributed by atoms with Crippen molar-refractivity contribution in [3.63, 3.8) is 0 Å². The number of hydrogen-bond acceptors (Lipinski definition) is 5. The Kier molecular flexibility index (Phi) is 2.72. The summed E-state index contributed by atoms with van der Waals surface area (Å²) in [6, 6.07) is 5.02. The van der Waals surface area contributed by atoms with Gasteiger partial charge in [-0.2, -0.15) is 0 Å². The summed E-state index contributed by atoms with van der Waals surface area (Å²) in [5.41, 5.74) is 1.28. The molecule has 0 amide bonds. The summed E-state index contributed by atoms with van der Waals surface area (Å²) in [6.07, 6.45) is 2.43. The van der Waals surface area contributed by atoms with E-state index in [9.17, 15) is 0 Å². The summed E-state index contributed by atoms with van der Waals surface area (Å²) in [5.74, 6) is 2.21. The van der Waals surface area contributed by atoms with Gasteiger partial charge < -0.3 is 20.4 Å². The lowest BCUT2D eigenvalue weighted by atomic mass is 10.2. The van der Waals surface area contributed by atoms with Crippen LogP contribution in [0.1, 0.15) is 12.8 Å². The van der Waals surface area contributed by atoms with Crippen LogP contribution in [0, 0.1) is 0 Å². The average Bonchev–Trinajstić information content (AvgIpc) is 2.67. The molecule has 19 heavy (non-hydrogen) atoms. The van der Waals surface area contributed by atoms with Crippen LogP contribution >= 0.6 is 0 Å². The first-order valence-electron chi connectivity index (χ1n) is 7.38. The van der Waals surface area contributed by atoms with Gasteiger partial charge in [0.1, 0.15) is 5.82 Å². The van der Waals surface area contributed by atoms with Crippen molar-refractivity contribution in [2.45, 2.75) is 18.9 Å². The Morgan fingerprint density at radius 3 is 3.11 bits per heavy atom. The number of nitrogens with one attached hydrogen (secondary N) is 2. The smallest absolute Gasteiger partial charge is 0.152 e. The molecule has 2 fully saturated rings. The van der Waals surface area contributed by atoms with E-state index in [1.165, 1.54) is 25.1 Å². The molecule has 4 heterocycles. The zero-order valence-electron chi connectivity index (χ0n) is 11.2. The Bertz CT molecular complexity index is 467. The SMILES string of the molecule is c1cc2c(nc1N1CCCNCC1)NC1CCN2C1. The van der Waals surface area contributed by atoms with Gasteiger partial charge in [0.05, 0.1) is 5.69 Å². The molecule has 0 saturated carbocycles. The molecule has 2 N–H and O–H groups in total. The Hall–Kier alpha value is -1.49. The Morgan fingerprint density at radius 1 is 1.11 bits per heavy atom. The summed E-state index contributed by atoms with van der Waals surface area (Å²) in [7, 11) is 0. The first kappa shape index (κ1) is 11.3.